The molecule has 6 unspecified atom stereocenters. The molecule has 2 aromatic rings. The highest BCUT2D eigenvalue weighted by molar-refractivity contribution is 5.80. The van der Waals surface area contributed by atoms with E-state index in [-0.39, 0.29) is 23.3 Å². The summed E-state index contributed by atoms with van der Waals surface area (Å²) in [7, 11) is 1.85. The van der Waals surface area contributed by atoms with Crippen molar-refractivity contribution in [1.82, 2.24) is 14.9 Å². The summed E-state index contributed by atoms with van der Waals surface area (Å²) >= 11 is 0. The molecule has 6 atom stereocenters. The molecule has 0 saturated heterocycles. The van der Waals surface area contributed by atoms with Crippen molar-refractivity contribution in [2.75, 3.05) is 0 Å². The Morgan fingerprint density at radius 2 is 1.88 bits per heavy atom. The van der Waals surface area contributed by atoms with Crippen LogP contribution in [0.4, 0.5) is 0 Å². The quantitative estimate of drug-likeness (QED) is 0.750. The van der Waals surface area contributed by atoms with E-state index in [4.69, 9.17) is 0 Å². The van der Waals surface area contributed by atoms with Gasteiger partial charge in [-0.15, -0.1) is 0 Å². The first-order valence-electron chi connectivity index (χ1n) is 12.7. The van der Waals surface area contributed by atoms with E-state index in [2.05, 4.69) is 17.2 Å². The maximum absolute atomic E-state index is 13.3. The molecule has 0 bridgehead atoms. The zero-order chi connectivity index (χ0) is 22.4. The lowest BCUT2D eigenvalue weighted by Gasteiger charge is -2.36. The molecule has 2 aromatic heterocycles. The van der Waals surface area contributed by atoms with E-state index in [1.54, 1.807) is 4.57 Å². The molecule has 2 heterocycles. The Bertz CT molecular complexity index is 1070. The lowest BCUT2D eigenvalue weighted by atomic mass is 9.71. The number of aryl methyl sites for hydroxylation is 2. The smallest absolute Gasteiger partial charge is 0.254 e. The van der Waals surface area contributed by atoms with Crippen LogP contribution in [0.5, 0.6) is 0 Å². The third-order valence-corrected chi connectivity index (χ3v) is 8.87. The Kier molecular flexibility index (Phi) is 5.85. The van der Waals surface area contributed by atoms with Gasteiger partial charge in [0.15, 0.2) is 0 Å². The minimum absolute atomic E-state index is 0.00838. The topological polar surface area (TPSA) is 64.0 Å². The highest BCUT2D eigenvalue weighted by atomic mass is 16.2. The number of nitrogens with zero attached hydrogens (tertiary/aromatic N) is 2. The molecule has 3 aliphatic carbocycles. The zero-order valence-corrected chi connectivity index (χ0v) is 19.8. The molecule has 5 heteroatoms. The highest BCUT2D eigenvalue weighted by Crippen LogP contribution is 2.43. The normalized spacial score (nSPS) is 32.6. The first-order chi connectivity index (χ1) is 15.4. The molecule has 3 saturated carbocycles. The predicted molar refractivity (Wildman–Crippen MR) is 128 cm³/mol. The summed E-state index contributed by atoms with van der Waals surface area (Å²) in [6.07, 6.45) is 12.2. The molecule has 0 radical (unpaired) electrons. The summed E-state index contributed by atoms with van der Waals surface area (Å²) in [5, 5.41) is 4.42. The molecular weight excluding hydrogens is 398 g/mol. The Hall–Kier alpha value is -2.17. The molecule has 5 nitrogen and oxygen atoms in total. The largest absolute Gasteiger partial charge is 0.353 e. The van der Waals surface area contributed by atoms with Crippen LogP contribution in [-0.2, 0) is 11.8 Å². The maximum atomic E-state index is 13.3. The molecule has 0 aliphatic heterocycles. The number of aromatic nitrogens is 2. The third kappa shape index (κ3) is 3.99. The maximum Gasteiger partial charge on any atom is 0.254 e. The zero-order valence-electron chi connectivity index (χ0n) is 19.8. The molecule has 32 heavy (non-hydrogen) atoms. The van der Waals surface area contributed by atoms with Crippen molar-refractivity contribution in [3.05, 3.63) is 39.9 Å². The van der Waals surface area contributed by atoms with Crippen LogP contribution in [0.2, 0.25) is 0 Å². The van der Waals surface area contributed by atoms with Crippen molar-refractivity contribution >= 4 is 16.8 Å². The second-order valence-corrected chi connectivity index (χ2v) is 10.9. The molecule has 0 aromatic carbocycles. The molecule has 172 valence electrons. The number of carbonyl (C=O) groups is 1. The summed E-state index contributed by atoms with van der Waals surface area (Å²) < 4.78 is 1.76. The lowest BCUT2D eigenvalue weighted by molar-refractivity contribution is -0.127. The van der Waals surface area contributed by atoms with Crippen molar-refractivity contribution in [3.63, 3.8) is 0 Å². The number of rotatable bonds is 3. The van der Waals surface area contributed by atoms with Crippen LogP contribution in [0.3, 0.4) is 0 Å². The summed E-state index contributed by atoms with van der Waals surface area (Å²) in [6, 6.07) is 4.36. The van der Waals surface area contributed by atoms with Gasteiger partial charge in [0, 0.05) is 41.8 Å². The van der Waals surface area contributed by atoms with Crippen molar-refractivity contribution in [1.29, 1.82) is 0 Å². The minimum atomic E-state index is 0.00838. The number of nitrogens with one attached hydrogen (secondary N) is 1. The third-order valence-electron chi connectivity index (χ3n) is 8.87. The number of fused-ring (bicyclic) bond motifs is 2. The van der Waals surface area contributed by atoms with E-state index < -0.39 is 0 Å². The van der Waals surface area contributed by atoms with Crippen LogP contribution in [0.15, 0.2) is 23.1 Å². The van der Waals surface area contributed by atoms with Crippen LogP contribution in [0, 0.1) is 30.6 Å². The van der Waals surface area contributed by atoms with Crippen LogP contribution >= 0.6 is 0 Å². The summed E-state index contributed by atoms with van der Waals surface area (Å²) in [6.45, 7) is 4.18. The van der Waals surface area contributed by atoms with E-state index in [0.29, 0.717) is 12.0 Å². The number of pyridine rings is 2. The van der Waals surface area contributed by atoms with Crippen LogP contribution in [0.25, 0.3) is 10.9 Å². The summed E-state index contributed by atoms with van der Waals surface area (Å²) in [5.74, 6) is 2.48. The van der Waals surface area contributed by atoms with E-state index >= 15 is 0 Å². The van der Waals surface area contributed by atoms with E-state index in [0.717, 1.165) is 59.7 Å². The van der Waals surface area contributed by atoms with Crippen molar-refractivity contribution in [3.8, 4) is 0 Å². The highest BCUT2D eigenvalue weighted by Gasteiger charge is 2.37. The second kappa shape index (κ2) is 8.64. The van der Waals surface area contributed by atoms with Gasteiger partial charge in [0.05, 0.1) is 5.52 Å². The first-order valence-corrected chi connectivity index (χ1v) is 12.7. The Labute approximate surface area is 191 Å². The van der Waals surface area contributed by atoms with Gasteiger partial charge in [-0.1, -0.05) is 26.2 Å². The van der Waals surface area contributed by atoms with Gasteiger partial charge in [-0.05, 0) is 81.3 Å². The second-order valence-electron chi connectivity index (χ2n) is 10.9. The standard InChI is InChI=1S/C27H37N3O2/c1-16-7-8-20(26(31)29-22-10-9-18-5-4-6-19(18)12-22)13-23(16)24-14-21-15-28-17(2)11-25(21)30(3)27(24)32/h11,14-16,18-20,22-23H,4-10,12-13H2,1-3H3,(H,29,31). The Balaban J connectivity index is 1.33. The van der Waals surface area contributed by atoms with E-state index in [1.807, 2.05) is 32.3 Å². The average molecular weight is 436 g/mol. The molecule has 1 N–H and O–H groups in total. The molecule has 3 aliphatic rings. The van der Waals surface area contributed by atoms with Crippen molar-refractivity contribution in [2.24, 2.45) is 30.7 Å². The van der Waals surface area contributed by atoms with Crippen molar-refractivity contribution < 1.29 is 4.79 Å². The Morgan fingerprint density at radius 1 is 1.06 bits per heavy atom. The van der Waals surface area contributed by atoms with Crippen LogP contribution in [0.1, 0.15) is 81.9 Å². The van der Waals surface area contributed by atoms with Gasteiger partial charge < -0.3 is 9.88 Å². The molecule has 0 spiro atoms. The van der Waals surface area contributed by atoms with Gasteiger partial charge in [-0.25, -0.2) is 0 Å². The number of carbonyl (C=O) groups excluding carboxylic acids is 1. The lowest BCUT2D eigenvalue weighted by Crippen LogP contribution is -2.44. The van der Waals surface area contributed by atoms with Crippen LogP contribution in [-0.4, -0.2) is 21.5 Å². The first kappa shape index (κ1) is 21.7. The summed E-state index contributed by atoms with van der Waals surface area (Å²) in [5.41, 5.74) is 2.75. The predicted octanol–water partition coefficient (Wildman–Crippen LogP) is 4.85. The fourth-order valence-corrected chi connectivity index (χ4v) is 6.90. The van der Waals surface area contributed by atoms with Crippen molar-refractivity contribution in [2.45, 2.75) is 83.6 Å². The van der Waals surface area contributed by atoms with E-state index in [9.17, 15) is 9.59 Å². The fourth-order valence-electron chi connectivity index (χ4n) is 6.90. The summed E-state index contributed by atoms with van der Waals surface area (Å²) in [4.78, 5) is 31.0. The number of hydrogen-bond acceptors (Lipinski definition) is 3. The monoisotopic (exact) mass is 435 g/mol. The van der Waals surface area contributed by atoms with Crippen LogP contribution < -0.4 is 10.9 Å². The minimum Gasteiger partial charge on any atom is -0.353 e. The van der Waals surface area contributed by atoms with Gasteiger partial charge in [0.2, 0.25) is 5.91 Å². The number of amides is 1. The molecule has 1 amide bonds. The SMILES string of the molecule is Cc1cc2c(cn1)cc(C1CC(C(=O)NC3CCC4CCCC4C3)CCC1C)c(=O)n2C. The van der Waals surface area contributed by atoms with Gasteiger partial charge in [-0.3, -0.25) is 14.6 Å². The fraction of sp³-hybridized carbons (Fsp3) is 0.667. The molecular formula is C27H37N3O2. The Morgan fingerprint density at radius 3 is 2.72 bits per heavy atom. The van der Waals surface area contributed by atoms with Gasteiger partial charge >= 0.3 is 0 Å². The molecule has 5 rings (SSSR count). The average Bonchev–Trinajstić information content (AvgIpc) is 3.25. The van der Waals surface area contributed by atoms with Gasteiger partial charge in [0.1, 0.15) is 0 Å². The van der Waals surface area contributed by atoms with E-state index in [1.165, 1.54) is 32.1 Å². The number of hydrogen-bond donors (Lipinski definition) is 1. The molecule has 3 fully saturated rings. The van der Waals surface area contributed by atoms with Gasteiger partial charge in [-0.2, -0.15) is 0 Å². The van der Waals surface area contributed by atoms with Gasteiger partial charge in [0.25, 0.3) is 5.56 Å².